The van der Waals surface area contributed by atoms with Crippen LogP contribution in [0.15, 0.2) is 24.4 Å². The number of Topliss-reactive ketones (excluding diaryl/α,β-unsaturated/α-hetero) is 1. The van der Waals surface area contributed by atoms with Gasteiger partial charge in [0.25, 0.3) is 0 Å². The van der Waals surface area contributed by atoms with Gasteiger partial charge in [-0.05, 0) is 44.0 Å². The number of carbonyl (C=O) groups is 2. The molecule has 2 aromatic heterocycles. The summed E-state index contributed by atoms with van der Waals surface area (Å²) >= 11 is 12.6. The fraction of sp³-hybridized carbons (Fsp3) is 0.480. The topological polar surface area (TPSA) is 96.3 Å². The first-order valence-electron chi connectivity index (χ1n) is 12.3. The lowest BCUT2D eigenvalue weighted by Gasteiger charge is -2.37. The van der Waals surface area contributed by atoms with Crippen LogP contribution >= 0.6 is 23.2 Å². The smallest absolute Gasteiger partial charge is 0.239 e. The molecule has 0 radical (unpaired) electrons. The summed E-state index contributed by atoms with van der Waals surface area (Å²) in [5.41, 5.74) is 2.06. The van der Waals surface area contributed by atoms with Crippen LogP contribution in [0.2, 0.25) is 10.0 Å². The van der Waals surface area contributed by atoms with Crippen molar-refractivity contribution in [3.05, 3.63) is 45.7 Å². The van der Waals surface area contributed by atoms with E-state index in [1.807, 2.05) is 17.9 Å². The molecule has 190 valence electrons. The van der Waals surface area contributed by atoms with Gasteiger partial charge < -0.3 is 15.1 Å². The Labute approximate surface area is 219 Å². The van der Waals surface area contributed by atoms with Crippen molar-refractivity contribution in [3.63, 3.8) is 0 Å². The maximum atomic E-state index is 12.9. The van der Waals surface area contributed by atoms with E-state index < -0.39 is 0 Å². The molecular weight excluding hydrogens is 501 g/mol. The Morgan fingerprint density at radius 1 is 1.14 bits per heavy atom. The minimum atomic E-state index is -0.299. The second kappa shape index (κ2) is 10.3. The van der Waals surface area contributed by atoms with Crippen molar-refractivity contribution in [2.24, 2.45) is 0 Å². The largest absolute Gasteiger partial charge is 0.352 e. The highest BCUT2D eigenvalue weighted by atomic mass is 35.5. The Kier molecular flexibility index (Phi) is 7.14. The van der Waals surface area contributed by atoms with Gasteiger partial charge in [-0.2, -0.15) is 5.10 Å². The van der Waals surface area contributed by atoms with E-state index in [0.717, 1.165) is 31.4 Å². The van der Waals surface area contributed by atoms with Crippen LogP contribution in [0.25, 0.3) is 11.2 Å². The first-order valence-corrected chi connectivity index (χ1v) is 13.1. The van der Waals surface area contributed by atoms with Crippen LogP contribution in [0, 0.1) is 0 Å². The molecule has 1 N–H and O–H groups in total. The molecule has 0 spiro atoms. The predicted molar refractivity (Wildman–Crippen MR) is 140 cm³/mol. The molecule has 2 aliphatic heterocycles. The average molecular weight is 530 g/mol. The van der Waals surface area contributed by atoms with E-state index in [9.17, 15) is 9.59 Å². The Bertz CT molecular complexity index is 1300. The lowest BCUT2D eigenvalue weighted by atomic mass is 10.0. The molecule has 1 aromatic carbocycles. The Morgan fingerprint density at radius 3 is 2.58 bits per heavy atom. The number of nitrogens with zero attached hydrogens (tertiary/aromatic N) is 6. The van der Waals surface area contributed by atoms with Crippen LogP contribution in [-0.2, 0) is 4.79 Å². The molecule has 36 heavy (non-hydrogen) atoms. The van der Waals surface area contributed by atoms with E-state index in [-0.39, 0.29) is 29.5 Å². The summed E-state index contributed by atoms with van der Waals surface area (Å²) in [6, 6.07) is 4.95. The first-order chi connectivity index (χ1) is 17.3. The highest BCUT2D eigenvalue weighted by Crippen LogP contribution is 2.31. The number of piperazine rings is 1. The highest BCUT2D eigenvalue weighted by molar-refractivity contribution is 6.35. The van der Waals surface area contributed by atoms with Gasteiger partial charge in [0.2, 0.25) is 5.91 Å². The van der Waals surface area contributed by atoms with Crippen molar-refractivity contribution in [1.29, 1.82) is 0 Å². The van der Waals surface area contributed by atoms with Gasteiger partial charge in [0.15, 0.2) is 17.1 Å². The maximum absolute atomic E-state index is 12.9. The van der Waals surface area contributed by atoms with E-state index in [1.165, 1.54) is 6.92 Å². The summed E-state index contributed by atoms with van der Waals surface area (Å²) in [5.74, 6) is 0.698. The summed E-state index contributed by atoms with van der Waals surface area (Å²) in [6.07, 6.45) is 4.80. The molecule has 0 saturated carbocycles. The summed E-state index contributed by atoms with van der Waals surface area (Å²) in [6.45, 7) is 6.90. The van der Waals surface area contributed by atoms with Crippen LogP contribution < -0.4 is 10.2 Å². The third kappa shape index (κ3) is 4.79. The van der Waals surface area contributed by atoms with Crippen LogP contribution in [0.5, 0.6) is 0 Å². The number of aromatic nitrogens is 4. The van der Waals surface area contributed by atoms with E-state index in [1.54, 1.807) is 23.0 Å². The van der Waals surface area contributed by atoms with Gasteiger partial charge in [-0.3, -0.25) is 9.59 Å². The summed E-state index contributed by atoms with van der Waals surface area (Å²) in [4.78, 5) is 38.7. The molecule has 3 aromatic rings. The molecule has 2 aliphatic rings. The van der Waals surface area contributed by atoms with E-state index in [2.05, 4.69) is 20.3 Å². The van der Waals surface area contributed by atoms with Crippen molar-refractivity contribution in [2.45, 2.75) is 45.2 Å². The number of hydrogen-bond acceptors (Lipinski definition) is 7. The standard InChI is InChI=1S/C25H29Cl2N7O2/c1-15(18-7-6-17(26)13-19(18)27)34-24-23(22(31-34)16(2)35)29-14-21(30-24)32-9-11-33(12-10-32)25(36)20-5-3-4-8-28-20/h6-7,13-15,20,28H,3-5,8-12H2,1-2H3. The third-order valence-electron chi connectivity index (χ3n) is 7.03. The zero-order chi connectivity index (χ0) is 25.4. The molecule has 2 unspecified atom stereocenters. The number of carbonyl (C=O) groups excluding carboxylic acids is 2. The number of hydrogen-bond donors (Lipinski definition) is 1. The number of piperidine rings is 1. The normalized spacial score (nSPS) is 19.5. The van der Waals surface area contributed by atoms with Crippen molar-refractivity contribution >= 4 is 51.9 Å². The number of nitrogens with one attached hydrogen (secondary N) is 1. The lowest BCUT2D eigenvalue weighted by molar-refractivity contribution is -0.134. The first kappa shape index (κ1) is 24.9. The summed E-state index contributed by atoms with van der Waals surface area (Å²) < 4.78 is 1.70. The monoisotopic (exact) mass is 529 g/mol. The predicted octanol–water partition coefficient (Wildman–Crippen LogP) is 3.74. The van der Waals surface area contributed by atoms with Gasteiger partial charge in [0.05, 0.1) is 18.3 Å². The molecule has 2 fully saturated rings. The molecule has 5 rings (SSSR count). The molecule has 0 aliphatic carbocycles. The van der Waals surface area contributed by atoms with Gasteiger partial charge in [-0.15, -0.1) is 0 Å². The van der Waals surface area contributed by atoms with E-state index >= 15 is 0 Å². The van der Waals surface area contributed by atoms with E-state index in [4.69, 9.17) is 28.2 Å². The zero-order valence-corrected chi connectivity index (χ0v) is 21.9. The molecule has 1 amide bonds. The Morgan fingerprint density at radius 2 is 1.92 bits per heavy atom. The summed E-state index contributed by atoms with van der Waals surface area (Å²) in [5, 5.41) is 8.98. The second-order valence-electron chi connectivity index (χ2n) is 9.41. The molecule has 9 nitrogen and oxygen atoms in total. The lowest BCUT2D eigenvalue weighted by Crippen LogP contribution is -2.55. The van der Waals surface area contributed by atoms with Gasteiger partial charge >= 0.3 is 0 Å². The SMILES string of the molecule is CC(=O)c1nn(C(C)c2ccc(Cl)cc2Cl)c2nc(N3CCN(C(=O)C4CCCCN4)CC3)cnc12. The number of fused-ring (bicyclic) bond motifs is 1. The maximum Gasteiger partial charge on any atom is 0.239 e. The third-order valence-corrected chi connectivity index (χ3v) is 7.59. The van der Waals surface area contributed by atoms with Crippen molar-refractivity contribution in [2.75, 3.05) is 37.6 Å². The fourth-order valence-corrected chi connectivity index (χ4v) is 5.54. The van der Waals surface area contributed by atoms with Gasteiger partial charge in [0.1, 0.15) is 11.3 Å². The average Bonchev–Trinajstić information content (AvgIpc) is 3.28. The minimum absolute atomic E-state index is 0.0676. The number of anilines is 1. The van der Waals surface area contributed by atoms with Crippen LogP contribution in [0.3, 0.4) is 0 Å². The van der Waals surface area contributed by atoms with Gasteiger partial charge in [-0.25, -0.2) is 14.6 Å². The van der Waals surface area contributed by atoms with Crippen molar-refractivity contribution < 1.29 is 9.59 Å². The number of ketones is 1. The highest BCUT2D eigenvalue weighted by Gasteiger charge is 2.29. The van der Waals surface area contributed by atoms with Crippen molar-refractivity contribution in [3.8, 4) is 0 Å². The molecule has 11 heteroatoms. The van der Waals surface area contributed by atoms with Crippen LogP contribution in [-0.4, -0.2) is 75.1 Å². The van der Waals surface area contributed by atoms with Gasteiger partial charge in [-0.1, -0.05) is 35.7 Å². The molecule has 0 bridgehead atoms. The van der Waals surface area contributed by atoms with E-state index in [0.29, 0.717) is 53.2 Å². The van der Waals surface area contributed by atoms with Crippen LogP contribution in [0.1, 0.15) is 55.2 Å². The number of rotatable bonds is 5. The van der Waals surface area contributed by atoms with Crippen LogP contribution in [0.4, 0.5) is 5.82 Å². The fourth-order valence-electron chi connectivity index (χ4n) is 4.97. The second-order valence-corrected chi connectivity index (χ2v) is 10.3. The summed E-state index contributed by atoms with van der Waals surface area (Å²) in [7, 11) is 0. The Balaban J connectivity index is 1.41. The number of amides is 1. The Hall–Kier alpha value is -2.75. The zero-order valence-electron chi connectivity index (χ0n) is 20.4. The van der Waals surface area contributed by atoms with Gasteiger partial charge in [0, 0.05) is 43.1 Å². The quantitative estimate of drug-likeness (QED) is 0.502. The molecular formula is C25H29Cl2N7O2. The minimum Gasteiger partial charge on any atom is -0.352 e. The van der Waals surface area contributed by atoms with Crippen molar-refractivity contribution in [1.82, 2.24) is 30.0 Å². The molecule has 4 heterocycles. The number of benzene rings is 1. The number of halogens is 2. The molecule has 2 atom stereocenters. The molecule has 2 saturated heterocycles.